The van der Waals surface area contributed by atoms with E-state index in [1.165, 1.54) is 17.8 Å². The molecule has 0 spiro atoms. The molecule has 0 saturated carbocycles. The first-order valence-electron chi connectivity index (χ1n) is 6.39. The number of ether oxygens (including phenoxy) is 1. The van der Waals surface area contributed by atoms with Crippen molar-refractivity contribution >= 4 is 18.0 Å². The van der Waals surface area contributed by atoms with E-state index in [0.29, 0.717) is 31.0 Å². The number of hydrogen-bond donors (Lipinski definition) is 1. The Balaban J connectivity index is 1.78. The third-order valence-corrected chi connectivity index (χ3v) is 4.37. The van der Waals surface area contributed by atoms with Gasteiger partial charge in [-0.3, -0.25) is 9.89 Å². The lowest BCUT2D eigenvalue weighted by Crippen LogP contribution is -2.45. The molecule has 2 aliphatic heterocycles. The molecule has 0 bridgehead atoms. The van der Waals surface area contributed by atoms with Crippen LogP contribution in [0.4, 0.5) is 8.78 Å². The molecule has 0 radical (unpaired) electrons. The van der Waals surface area contributed by atoms with Gasteiger partial charge in [0.25, 0.3) is 0 Å². The smallest absolute Gasteiger partial charge is 0.168 e. The molecule has 2 atom stereocenters. The van der Waals surface area contributed by atoms with Gasteiger partial charge in [-0.05, 0) is 12.5 Å². The van der Waals surface area contributed by atoms with Crippen molar-refractivity contribution in [2.75, 3.05) is 19.0 Å². The zero-order valence-electron chi connectivity index (χ0n) is 10.8. The maximum Gasteiger partial charge on any atom is 0.168 e. The molecular weight excluding hydrogens is 284 g/mol. The van der Waals surface area contributed by atoms with Gasteiger partial charge < -0.3 is 10.5 Å². The molecule has 3 rings (SSSR count). The van der Waals surface area contributed by atoms with Crippen molar-refractivity contribution in [1.82, 2.24) is 4.90 Å². The van der Waals surface area contributed by atoms with Crippen LogP contribution in [-0.4, -0.2) is 41.7 Å². The monoisotopic (exact) mass is 299 g/mol. The van der Waals surface area contributed by atoms with Gasteiger partial charge in [0.15, 0.2) is 17.1 Å². The van der Waals surface area contributed by atoms with Gasteiger partial charge in [-0.2, -0.15) is 0 Å². The zero-order chi connectivity index (χ0) is 14.1. The Morgan fingerprint density at radius 3 is 3.10 bits per heavy atom. The Morgan fingerprint density at radius 2 is 2.30 bits per heavy atom. The summed E-state index contributed by atoms with van der Waals surface area (Å²) >= 11 is 1.53. The molecule has 1 aromatic carbocycles. The summed E-state index contributed by atoms with van der Waals surface area (Å²) in [5.41, 5.74) is 6.09. The average Bonchev–Trinajstić information content (AvgIpc) is 2.86. The van der Waals surface area contributed by atoms with Crippen LogP contribution in [-0.2, 0) is 6.42 Å². The quantitative estimate of drug-likeness (QED) is 0.861. The Morgan fingerprint density at radius 1 is 1.45 bits per heavy atom. The highest BCUT2D eigenvalue weighted by Crippen LogP contribution is 2.32. The van der Waals surface area contributed by atoms with Gasteiger partial charge in [0.1, 0.15) is 12.4 Å². The number of aliphatic imine (C=N–C) groups is 1. The summed E-state index contributed by atoms with van der Waals surface area (Å²) in [6.07, 6.45) is 2.39. The zero-order valence-corrected chi connectivity index (χ0v) is 11.6. The van der Waals surface area contributed by atoms with E-state index >= 15 is 0 Å². The van der Waals surface area contributed by atoms with Crippen LogP contribution in [0.3, 0.4) is 0 Å². The topological polar surface area (TPSA) is 50.8 Å². The van der Waals surface area contributed by atoms with Crippen molar-refractivity contribution in [3.63, 3.8) is 0 Å². The van der Waals surface area contributed by atoms with Gasteiger partial charge >= 0.3 is 0 Å². The number of fused-ring (bicyclic) bond motifs is 1. The van der Waals surface area contributed by atoms with E-state index in [-0.39, 0.29) is 17.3 Å². The SMILES string of the molecule is NCS[C@@H]1N=CCN1C1COc2c(F)cc(F)cc2C1. The molecule has 7 heteroatoms. The predicted molar refractivity (Wildman–Crippen MR) is 75.0 cm³/mol. The van der Waals surface area contributed by atoms with E-state index in [1.807, 2.05) is 6.21 Å². The second-order valence-corrected chi connectivity index (χ2v) is 5.82. The fourth-order valence-electron chi connectivity index (χ4n) is 2.59. The van der Waals surface area contributed by atoms with Gasteiger partial charge in [-0.1, -0.05) is 0 Å². The van der Waals surface area contributed by atoms with E-state index in [9.17, 15) is 8.78 Å². The lowest BCUT2D eigenvalue weighted by molar-refractivity contribution is 0.130. The first-order valence-corrected chi connectivity index (χ1v) is 7.43. The summed E-state index contributed by atoms with van der Waals surface area (Å²) < 4.78 is 32.4. The van der Waals surface area contributed by atoms with Gasteiger partial charge in [0, 0.05) is 30.3 Å². The summed E-state index contributed by atoms with van der Waals surface area (Å²) in [5.74, 6) is -0.558. The molecule has 0 amide bonds. The fourth-order valence-corrected chi connectivity index (χ4v) is 3.39. The molecule has 2 heterocycles. The van der Waals surface area contributed by atoms with Crippen molar-refractivity contribution in [3.05, 3.63) is 29.3 Å². The van der Waals surface area contributed by atoms with Crippen LogP contribution in [0.1, 0.15) is 5.56 Å². The predicted octanol–water partition coefficient (Wildman–Crippen LogP) is 1.59. The molecule has 0 aliphatic carbocycles. The lowest BCUT2D eigenvalue weighted by atomic mass is 10.0. The van der Waals surface area contributed by atoms with Crippen molar-refractivity contribution in [2.24, 2.45) is 10.7 Å². The minimum atomic E-state index is -0.635. The number of nitrogens with two attached hydrogens (primary N) is 1. The number of rotatable bonds is 3. The average molecular weight is 299 g/mol. The summed E-state index contributed by atoms with van der Waals surface area (Å²) in [7, 11) is 0. The molecule has 108 valence electrons. The normalized spacial score (nSPS) is 25.6. The largest absolute Gasteiger partial charge is 0.489 e. The molecule has 2 N–H and O–H groups in total. The highest BCUT2D eigenvalue weighted by Gasteiger charge is 2.33. The van der Waals surface area contributed by atoms with E-state index in [2.05, 4.69) is 9.89 Å². The number of halogens is 2. The van der Waals surface area contributed by atoms with Crippen LogP contribution in [0.5, 0.6) is 5.75 Å². The lowest BCUT2D eigenvalue weighted by Gasteiger charge is -2.34. The maximum atomic E-state index is 13.6. The Labute approximate surface area is 120 Å². The van der Waals surface area contributed by atoms with Gasteiger partial charge in [-0.15, -0.1) is 11.8 Å². The number of nitrogens with zero attached hydrogens (tertiary/aromatic N) is 2. The second-order valence-electron chi connectivity index (χ2n) is 4.73. The third kappa shape index (κ3) is 2.53. The van der Waals surface area contributed by atoms with Crippen molar-refractivity contribution in [2.45, 2.75) is 18.0 Å². The summed E-state index contributed by atoms with van der Waals surface area (Å²) in [6, 6.07) is 2.24. The second kappa shape index (κ2) is 5.67. The van der Waals surface area contributed by atoms with E-state index in [0.717, 1.165) is 6.07 Å². The van der Waals surface area contributed by atoms with E-state index < -0.39 is 11.6 Å². The molecule has 0 fully saturated rings. The van der Waals surface area contributed by atoms with Crippen molar-refractivity contribution < 1.29 is 13.5 Å². The molecular formula is C13H15F2N3OS. The maximum absolute atomic E-state index is 13.6. The number of benzene rings is 1. The van der Waals surface area contributed by atoms with E-state index in [4.69, 9.17) is 10.5 Å². The molecule has 1 unspecified atom stereocenters. The van der Waals surface area contributed by atoms with Gasteiger partial charge in [0.2, 0.25) is 0 Å². The van der Waals surface area contributed by atoms with Gasteiger partial charge in [0.05, 0.1) is 6.04 Å². The van der Waals surface area contributed by atoms with Crippen LogP contribution in [0.2, 0.25) is 0 Å². The van der Waals surface area contributed by atoms with Crippen molar-refractivity contribution in [3.8, 4) is 5.75 Å². The summed E-state index contributed by atoms with van der Waals surface area (Å²) in [5, 5.41) is 0. The van der Waals surface area contributed by atoms with Gasteiger partial charge in [-0.25, -0.2) is 8.78 Å². The minimum Gasteiger partial charge on any atom is -0.489 e. The fraction of sp³-hybridized carbons (Fsp3) is 0.462. The summed E-state index contributed by atoms with van der Waals surface area (Å²) in [6.45, 7) is 1.08. The molecule has 1 aromatic rings. The number of thioether (sulfide) groups is 1. The van der Waals surface area contributed by atoms with E-state index in [1.54, 1.807) is 0 Å². The Kier molecular flexibility index (Phi) is 3.91. The third-order valence-electron chi connectivity index (χ3n) is 3.48. The molecule has 0 saturated heterocycles. The molecule has 0 aromatic heterocycles. The molecule has 4 nitrogen and oxygen atoms in total. The highest BCUT2D eigenvalue weighted by molar-refractivity contribution is 7.99. The van der Waals surface area contributed by atoms with Crippen LogP contribution < -0.4 is 10.5 Å². The first kappa shape index (κ1) is 13.8. The van der Waals surface area contributed by atoms with Crippen LogP contribution in [0, 0.1) is 11.6 Å². The molecule has 2 aliphatic rings. The minimum absolute atomic E-state index is 0.0337. The van der Waals surface area contributed by atoms with Crippen LogP contribution >= 0.6 is 11.8 Å². The summed E-state index contributed by atoms with van der Waals surface area (Å²) in [4.78, 5) is 6.50. The highest BCUT2D eigenvalue weighted by atomic mass is 32.2. The Bertz CT molecular complexity index is 541. The molecule has 20 heavy (non-hydrogen) atoms. The van der Waals surface area contributed by atoms with Crippen LogP contribution in [0.15, 0.2) is 17.1 Å². The van der Waals surface area contributed by atoms with Crippen LogP contribution in [0.25, 0.3) is 0 Å². The first-order chi connectivity index (χ1) is 9.69. The number of hydrogen-bond acceptors (Lipinski definition) is 5. The Hall–Kier alpha value is -1.18. The van der Waals surface area contributed by atoms with Crippen molar-refractivity contribution in [1.29, 1.82) is 0 Å². The standard InChI is InChI=1S/C13H15F2N3OS/c14-9-3-8-4-10(6-19-12(8)11(15)5-9)18-2-1-17-13(18)20-7-16/h1,3,5,10,13H,2,4,6-7,16H2/t10?,13-/m1/s1.